The number of rotatable bonds is 6. The van der Waals surface area contributed by atoms with Gasteiger partial charge in [-0.1, -0.05) is 11.6 Å². The molecule has 1 aromatic carbocycles. The molecule has 0 saturated heterocycles. The molecule has 0 spiro atoms. The Balaban J connectivity index is 1.84. The van der Waals surface area contributed by atoms with E-state index in [2.05, 4.69) is 9.97 Å². The molecule has 3 atom stereocenters. The third kappa shape index (κ3) is 4.62. The summed E-state index contributed by atoms with van der Waals surface area (Å²) in [5.41, 5.74) is 3.41. The monoisotopic (exact) mass is 472 g/mol. The number of esters is 1. The van der Waals surface area contributed by atoms with E-state index in [4.69, 9.17) is 30.8 Å². The molecule has 1 saturated carbocycles. The zero-order valence-electron chi connectivity index (χ0n) is 19.6. The van der Waals surface area contributed by atoms with Crippen molar-refractivity contribution in [3.63, 3.8) is 0 Å². The largest absolute Gasteiger partial charge is 0.493 e. The molecule has 0 N–H and O–H groups in total. The highest BCUT2D eigenvalue weighted by Crippen LogP contribution is 2.45. The topological polar surface area (TPSA) is 86.1 Å². The minimum Gasteiger partial charge on any atom is -0.493 e. The summed E-state index contributed by atoms with van der Waals surface area (Å²) in [6, 6.07) is 4.01. The van der Waals surface area contributed by atoms with E-state index in [1.165, 1.54) is 6.92 Å². The van der Waals surface area contributed by atoms with Crippen molar-refractivity contribution in [3.8, 4) is 11.5 Å². The molecule has 9 heteroatoms. The predicted octanol–water partition coefficient (Wildman–Crippen LogP) is 4.02. The minimum atomic E-state index is -0.256. The fourth-order valence-electron chi connectivity index (χ4n) is 4.64. The molecular formula is C24H29ClN4O4. The van der Waals surface area contributed by atoms with Crippen LogP contribution in [-0.2, 0) is 9.53 Å². The summed E-state index contributed by atoms with van der Waals surface area (Å²) in [6.45, 7) is 3.91. The van der Waals surface area contributed by atoms with Crippen molar-refractivity contribution in [3.05, 3.63) is 40.2 Å². The summed E-state index contributed by atoms with van der Waals surface area (Å²) in [5, 5.41) is 0.346. The van der Waals surface area contributed by atoms with E-state index in [0.29, 0.717) is 41.2 Å². The lowest BCUT2D eigenvalue weighted by molar-refractivity contribution is -0.148. The number of halogens is 1. The molecular weight excluding hydrogens is 444 g/mol. The highest BCUT2D eigenvalue weighted by Gasteiger charge is 2.39. The Hall–Kier alpha value is -2.87. The van der Waals surface area contributed by atoms with Gasteiger partial charge in [0.25, 0.3) is 0 Å². The number of carbonyl (C=O) groups excluding carboxylic acids is 1. The normalized spacial score (nSPS) is 21.4. The van der Waals surface area contributed by atoms with Crippen LogP contribution in [0.4, 0.5) is 5.95 Å². The fourth-order valence-corrected chi connectivity index (χ4v) is 4.85. The summed E-state index contributed by atoms with van der Waals surface area (Å²) >= 11 is 6.61. The number of anilines is 1. The van der Waals surface area contributed by atoms with Crippen LogP contribution in [0.25, 0.3) is 0 Å². The van der Waals surface area contributed by atoms with Gasteiger partial charge in [-0.2, -0.15) is 0 Å². The van der Waals surface area contributed by atoms with Crippen LogP contribution in [0.3, 0.4) is 0 Å². The van der Waals surface area contributed by atoms with Gasteiger partial charge < -0.3 is 19.1 Å². The number of methoxy groups -OCH3 is 1. The van der Waals surface area contributed by atoms with E-state index in [0.717, 1.165) is 29.7 Å². The van der Waals surface area contributed by atoms with Crippen molar-refractivity contribution in [2.75, 3.05) is 32.7 Å². The Kier molecular flexibility index (Phi) is 6.74. The average Bonchev–Trinajstić information content (AvgIpc) is 2.78. The smallest absolute Gasteiger partial charge is 0.302 e. The first kappa shape index (κ1) is 23.3. The van der Waals surface area contributed by atoms with Gasteiger partial charge in [0, 0.05) is 38.7 Å². The molecule has 0 amide bonds. The lowest BCUT2D eigenvalue weighted by Gasteiger charge is -2.38. The van der Waals surface area contributed by atoms with E-state index in [-0.39, 0.29) is 24.0 Å². The predicted molar refractivity (Wildman–Crippen MR) is 127 cm³/mol. The maximum Gasteiger partial charge on any atom is 0.302 e. The van der Waals surface area contributed by atoms with Gasteiger partial charge in [0.1, 0.15) is 11.3 Å². The van der Waals surface area contributed by atoms with Gasteiger partial charge in [0.2, 0.25) is 5.95 Å². The van der Waals surface area contributed by atoms with Crippen LogP contribution < -0.4 is 14.4 Å². The van der Waals surface area contributed by atoms with Crippen molar-refractivity contribution in [2.24, 2.45) is 4.99 Å². The molecule has 2 aliphatic rings. The molecule has 1 aliphatic carbocycles. The first-order valence-corrected chi connectivity index (χ1v) is 11.5. The molecule has 4 rings (SSSR count). The molecule has 0 radical (unpaired) electrons. The van der Waals surface area contributed by atoms with E-state index in [1.807, 2.05) is 33.2 Å². The quantitative estimate of drug-likeness (QED) is 0.463. The number of aromatic nitrogens is 2. The van der Waals surface area contributed by atoms with E-state index >= 15 is 0 Å². The first-order valence-electron chi connectivity index (χ1n) is 11.1. The van der Waals surface area contributed by atoms with Gasteiger partial charge in [-0.15, -0.1) is 0 Å². The number of ether oxygens (including phenoxy) is 3. The van der Waals surface area contributed by atoms with Gasteiger partial charge in [-0.3, -0.25) is 9.79 Å². The molecule has 0 unspecified atom stereocenters. The molecule has 1 aromatic heterocycles. The van der Waals surface area contributed by atoms with Gasteiger partial charge in [-0.05, 0) is 43.9 Å². The van der Waals surface area contributed by atoms with E-state index in [1.54, 1.807) is 18.2 Å². The molecule has 33 heavy (non-hydrogen) atoms. The number of nitrogens with zero attached hydrogens (tertiary/aromatic N) is 4. The summed E-state index contributed by atoms with van der Waals surface area (Å²) < 4.78 is 17.0. The van der Waals surface area contributed by atoms with Crippen LogP contribution in [0.2, 0.25) is 5.15 Å². The number of fused-ring (bicyclic) bond motifs is 3. The van der Waals surface area contributed by atoms with Crippen molar-refractivity contribution in [1.29, 1.82) is 0 Å². The van der Waals surface area contributed by atoms with E-state index in [9.17, 15) is 4.79 Å². The summed E-state index contributed by atoms with van der Waals surface area (Å²) in [4.78, 5) is 27.4. The Bertz CT molecular complexity index is 1090. The first-order chi connectivity index (χ1) is 15.8. The van der Waals surface area contributed by atoms with Crippen LogP contribution in [0.1, 0.15) is 55.7 Å². The Morgan fingerprint density at radius 2 is 2.00 bits per heavy atom. The van der Waals surface area contributed by atoms with Gasteiger partial charge in [-0.25, -0.2) is 9.97 Å². The zero-order valence-corrected chi connectivity index (χ0v) is 20.3. The minimum absolute atomic E-state index is 0.0340. The number of benzene rings is 1. The van der Waals surface area contributed by atoms with E-state index < -0.39 is 0 Å². The number of hydrogen-bond acceptors (Lipinski definition) is 8. The zero-order chi connectivity index (χ0) is 23.7. The fraction of sp³-hybridized carbons (Fsp3) is 0.500. The molecule has 0 bridgehead atoms. The number of aliphatic imine (C=N–C) groups is 1. The van der Waals surface area contributed by atoms with Crippen molar-refractivity contribution >= 4 is 29.2 Å². The second kappa shape index (κ2) is 9.55. The van der Waals surface area contributed by atoms with Gasteiger partial charge in [0.15, 0.2) is 11.5 Å². The number of hydrogen-bond donors (Lipinski definition) is 0. The average molecular weight is 473 g/mol. The van der Waals surface area contributed by atoms with Crippen molar-refractivity contribution in [2.45, 2.75) is 51.2 Å². The summed E-state index contributed by atoms with van der Waals surface area (Å²) in [5.74, 6) is 1.67. The maximum atomic E-state index is 11.6. The van der Waals surface area contributed by atoms with Crippen molar-refractivity contribution in [1.82, 2.24) is 9.97 Å². The molecule has 2 heterocycles. The molecule has 8 nitrogen and oxygen atoms in total. The lowest BCUT2D eigenvalue weighted by atomic mass is 9.74. The second-order valence-corrected chi connectivity index (χ2v) is 8.85. The Morgan fingerprint density at radius 3 is 2.64 bits per heavy atom. The highest BCUT2D eigenvalue weighted by atomic mass is 35.5. The molecule has 2 aromatic rings. The van der Waals surface area contributed by atoms with Crippen molar-refractivity contribution < 1.29 is 19.0 Å². The van der Waals surface area contributed by atoms with Gasteiger partial charge in [0.05, 0.1) is 31.0 Å². The Labute approximate surface area is 198 Å². The SMILES string of the molecule is CCOc1cc2c(cc1OC)C(c1cnc(N(C)C)nc1Cl)=N[C@@H]1CC[C@@H](OC(C)=O)C[C@H]21. The molecule has 1 aliphatic heterocycles. The van der Waals surface area contributed by atoms with Gasteiger partial charge >= 0.3 is 5.97 Å². The summed E-state index contributed by atoms with van der Waals surface area (Å²) in [6.07, 6.45) is 3.87. The maximum absolute atomic E-state index is 11.6. The van der Waals surface area contributed by atoms with Crippen LogP contribution in [0, 0.1) is 0 Å². The molecule has 1 fully saturated rings. The van der Waals surface area contributed by atoms with Crippen LogP contribution in [0.15, 0.2) is 23.3 Å². The summed E-state index contributed by atoms with van der Waals surface area (Å²) in [7, 11) is 5.35. The Morgan fingerprint density at radius 1 is 1.21 bits per heavy atom. The standard InChI is InChI=1S/C24H29ClN4O4/c1-6-32-21-10-15-16-9-14(33-13(2)30)7-8-19(16)27-22(17(15)11-20(21)31-5)18-12-26-24(29(3)4)28-23(18)25/h10-12,14,16,19H,6-9H2,1-5H3/t14-,16-,19-/m1/s1. The van der Waals surface area contributed by atoms with Crippen LogP contribution in [-0.4, -0.2) is 61.6 Å². The van der Waals surface area contributed by atoms with Crippen LogP contribution >= 0.6 is 11.6 Å². The molecule has 176 valence electrons. The lowest BCUT2D eigenvalue weighted by Crippen LogP contribution is -2.36. The second-order valence-electron chi connectivity index (χ2n) is 8.49. The third-order valence-corrected chi connectivity index (χ3v) is 6.36. The number of carbonyl (C=O) groups is 1. The third-order valence-electron chi connectivity index (χ3n) is 6.07. The van der Waals surface area contributed by atoms with Crippen LogP contribution in [0.5, 0.6) is 11.5 Å². The highest BCUT2D eigenvalue weighted by molar-refractivity contribution is 6.34.